The zero-order valence-corrected chi connectivity index (χ0v) is 10.2. The number of benzene rings is 1. The first kappa shape index (κ1) is 10.9. The molecule has 0 unspecified atom stereocenters. The van der Waals surface area contributed by atoms with Crippen molar-refractivity contribution >= 4 is 33.2 Å². The Labute approximate surface area is 98.1 Å². The summed E-state index contributed by atoms with van der Waals surface area (Å²) in [6, 6.07) is 3.97. The molecule has 2 nitrogen and oxygen atoms in total. The van der Waals surface area contributed by atoms with Crippen molar-refractivity contribution in [2.75, 3.05) is 6.54 Å². The second-order valence-electron chi connectivity index (χ2n) is 3.52. The molecule has 0 aliphatic rings. The Morgan fingerprint density at radius 2 is 2.27 bits per heavy atom. The summed E-state index contributed by atoms with van der Waals surface area (Å²) in [5.41, 5.74) is 7.60. The summed E-state index contributed by atoms with van der Waals surface area (Å²) in [6.07, 6.45) is 1.96. The van der Waals surface area contributed by atoms with Gasteiger partial charge in [0.1, 0.15) is 0 Å². The monoisotopic (exact) mass is 240 g/mol. The van der Waals surface area contributed by atoms with Gasteiger partial charge in [-0.2, -0.15) is 0 Å². The van der Waals surface area contributed by atoms with Gasteiger partial charge in [0, 0.05) is 11.4 Å². The van der Waals surface area contributed by atoms with E-state index in [0.717, 1.165) is 40.5 Å². The first-order valence-corrected chi connectivity index (χ1v) is 6.16. The normalized spacial score (nSPS) is 11.1. The Hall–Kier alpha value is -0.640. The number of rotatable bonds is 3. The van der Waals surface area contributed by atoms with Crippen molar-refractivity contribution in [3.8, 4) is 0 Å². The number of hydrogen-bond acceptors (Lipinski definition) is 3. The molecule has 2 aromatic rings. The van der Waals surface area contributed by atoms with E-state index in [1.165, 1.54) is 4.70 Å². The Bertz CT molecular complexity index is 479. The number of fused-ring (bicyclic) bond motifs is 1. The molecule has 0 fully saturated rings. The highest BCUT2D eigenvalue weighted by Crippen LogP contribution is 2.29. The first-order chi connectivity index (χ1) is 7.22. The van der Waals surface area contributed by atoms with E-state index in [2.05, 4.69) is 4.98 Å². The van der Waals surface area contributed by atoms with Gasteiger partial charge < -0.3 is 5.73 Å². The van der Waals surface area contributed by atoms with Crippen molar-refractivity contribution in [2.45, 2.75) is 19.8 Å². The molecule has 4 heteroatoms. The average Bonchev–Trinajstić information content (AvgIpc) is 2.64. The molecule has 0 bridgehead atoms. The highest BCUT2D eigenvalue weighted by Gasteiger charge is 2.07. The fourth-order valence-electron chi connectivity index (χ4n) is 1.51. The van der Waals surface area contributed by atoms with Gasteiger partial charge in [0.15, 0.2) is 0 Å². The number of aromatic nitrogens is 1. The van der Waals surface area contributed by atoms with Gasteiger partial charge in [-0.1, -0.05) is 11.6 Å². The molecule has 0 saturated carbocycles. The molecule has 0 atom stereocenters. The van der Waals surface area contributed by atoms with Crippen molar-refractivity contribution in [1.29, 1.82) is 0 Å². The number of thiazole rings is 1. The van der Waals surface area contributed by atoms with Crippen molar-refractivity contribution in [3.05, 3.63) is 27.7 Å². The predicted molar refractivity (Wildman–Crippen MR) is 66.7 cm³/mol. The number of hydrogen-bond donors (Lipinski definition) is 1. The van der Waals surface area contributed by atoms with E-state index in [9.17, 15) is 0 Å². The molecule has 15 heavy (non-hydrogen) atoms. The molecule has 1 heterocycles. The van der Waals surface area contributed by atoms with E-state index >= 15 is 0 Å². The van der Waals surface area contributed by atoms with Gasteiger partial charge in [0.25, 0.3) is 0 Å². The second kappa shape index (κ2) is 4.47. The molecule has 2 rings (SSSR count). The van der Waals surface area contributed by atoms with Crippen LogP contribution in [0.5, 0.6) is 0 Å². The number of nitrogens with two attached hydrogens (primary N) is 1. The van der Waals surface area contributed by atoms with Crippen LogP contribution in [0.2, 0.25) is 5.02 Å². The topological polar surface area (TPSA) is 38.9 Å². The van der Waals surface area contributed by atoms with E-state index < -0.39 is 0 Å². The Morgan fingerprint density at radius 1 is 1.47 bits per heavy atom. The van der Waals surface area contributed by atoms with Crippen molar-refractivity contribution in [1.82, 2.24) is 4.98 Å². The van der Waals surface area contributed by atoms with E-state index in [1.54, 1.807) is 11.3 Å². The maximum Gasteiger partial charge on any atom is 0.0939 e. The third-order valence-corrected chi connectivity index (χ3v) is 3.88. The van der Waals surface area contributed by atoms with E-state index in [4.69, 9.17) is 17.3 Å². The highest BCUT2D eigenvalue weighted by molar-refractivity contribution is 7.18. The van der Waals surface area contributed by atoms with Gasteiger partial charge in [0.05, 0.1) is 15.2 Å². The summed E-state index contributed by atoms with van der Waals surface area (Å²) in [6.45, 7) is 2.73. The maximum absolute atomic E-state index is 6.05. The van der Waals surface area contributed by atoms with E-state index in [1.807, 2.05) is 19.1 Å². The molecule has 1 aromatic carbocycles. The quantitative estimate of drug-likeness (QED) is 0.895. The standard InChI is InChI=1S/C11H13ClN2S/c1-7-8(12)4-5-9-11(7)14-10(15-9)3-2-6-13/h4-5H,2-3,6,13H2,1H3. The van der Waals surface area contributed by atoms with Crippen LogP contribution < -0.4 is 5.73 Å². The first-order valence-electron chi connectivity index (χ1n) is 4.97. The van der Waals surface area contributed by atoms with Crippen LogP contribution in [0.4, 0.5) is 0 Å². The van der Waals surface area contributed by atoms with Gasteiger partial charge in [-0.05, 0) is 37.6 Å². The minimum atomic E-state index is 0.718. The molecule has 0 radical (unpaired) electrons. The number of aryl methyl sites for hydroxylation is 2. The highest BCUT2D eigenvalue weighted by atomic mass is 35.5. The molecule has 0 aliphatic carbocycles. The number of nitrogens with zero attached hydrogens (tertiary/aromatic N) is 1. The van der Waals surface area contributed by atoms with Crippen LogP contribution in [0.3, 0.4) is 0 Å². The van der Waals surface area contributed by atoms with Gasteiger partial charge in [-0.3, -0.25) is 0 Å². The minimum absolute atomic E-state index is 0.718. The fraction of sp³-hybridized carbons (Fsp3) is 0.364. The molecule has 2 N–H and O–H groups in total. The molecule has 0 spiro atoms. The molecule has 80 valence electrons. The second-order valence-corrected chi connectivity index (χ2v) is 5.04. The maximum atomic E-state index is 6.05. The molecular formula is C11H13ClN2S. The van der Waals surface area contributed by atoms with Crippen LogP contribution in [0.15, 0.2) is 12.1 Å². The molecule has 0 saturated heterocycles. The van der Waals surface area contributed by atoms with Gasteiger partial charge in [0.2, 0.25) is 0 Å². The summed E-state index contributed by atoms with van der Waals surface area (Å²) in [7, 11) is 0. The van der Waals surface area contributed by atoms with Crippen molar-refractivity contribution in [2.24, 2.45) is 5.73 Å². The van der Waals surface area contributed by atoms with Gasteiger partial charge in [-0.15, -0.1) is 11.3 Å². The van der Waals surface area contributed by atoms with Crippen LogP contribution in [0.1, 0.15) is 17.0 Å². The van der Waals surface area contributed by atoms with Crippen LogP contribution in [0.25, 0.3) is 10.2 Å². The summed E-state index contributed by atoms with van der Waals surface area (Å²) < 4.78 is 1.21. The zero-order chi connectivity index (χ0) is 10.8. The lowest BCUT2D eigenvalue weighted by Crippen LogP contribution is -1.99. The zero-order valence-electron chi connectivity index (χ0n) is 8.59. The minimum Gasteiger partial charge on any atom is -0.330 e. The SMILES string of the molecule is Cc1c(Cl)ccc2sc(CCCN)nc12. The Morgan fingerprint density at radius 3 is 3.00 bits per heavy atom. The van der Waals surface area contributed by atoms with E-state index in [-0.39, 0.29) is 0 Å². The lowest BCUT2D eigenvalue weighted by atomic mass is 10.2. The molecule has 0 aliphatic heterocycles. The molecule has 0 amide bonds. The Kier molecular flexibility index (Phi) is 3.24. The third-order valence-electron chi connectivity index (χ3n) is 2.39. The predicted octanol–water partition coefficient (Wildman–Crippen LogP) is 3.15. The van der Waals surface area contributed by atoms with Crippen molar-refractivity contribution < 1.29 is 0 Å². The fourth-order valence-corrected chi connectivity index (χ4v) is 2.73. The lowest BCUT2D eigenvalue weighted by Gasteiger charge is -1.96. The summed E-state index contributed by atoms with van der Waals surface area (Å²) in [5, 5.41) is 1.94. The third kappa shape index (κ3) is 2.14. The summed E-state index contributed by atoms with van der Waals surface area (Å²) in [5.74, 6) is 0. The number of halogens is 1. The summed E-state index contributed by atoms with van der Waals surface area (Å²) >= 11 is 7.78. The van der Waals surface area contributed by atoms with Gasteiger partial charge in [-0.25, -0.2) is 4.98 Å². The molecular weight excluding hydrogens is 228 g/mol. The largest absolute Gasteiger partial charge is 0.330 e. The molecule has 1 aromatic heterocycles. The smallest absolute Gasteiger partial charge is 0.0939 e. The van der Waals surface area contributed by atoms with Crippen LogP contribution >= 0.6 is 22.9 Å². The van der Waals surface area contributed by atoms with Crippen LogP contribution in [0, 0.1) is 6.92 Å². The lowest BCUT2D eigenvalue weighted by molar-refractivity contribution is 0.828. The summed E-state index contributed by atoms with van der Waals surface area (Å²) in [4.78, 5) is 4.59. The van der Waals surface area contributed by atoms with E-state index in [0.29, 0.717) is 0 Å². The Balaban J connectivity index is 2.42. The average molecular weight is 241 g/mol. The van der Waals surface area contributed by atoms with Crippen LogP contribution in [-0.4, -0.2) is 11.5 Å². The van der Waals surface area contributed by atoms with Crippen LogP contribution in [-0.2, 0) is 6.42 Å². The van der Waals surface area contributed by atoms with Crippen molar-refractivity contribution in [3.63, 3.8) is 0 Å². The van der Waals surface area contributed by atoms with Gasteiger partial charge >= 0.3 is 0 Å².